The predicted octanol–water partition coefficient (Wildman–Crippen LogP) is 1.93. The lowest BCUT2D eigenvalue weighted by Gasteiger charge is -2.11. The zero-order valence-corrected chi connectivity index (χ0v) is 7.75. The number of hydrogen-bond acceptors (Lipinski definition) is 3. The molecule has 0 aliphatic heterocycles. The van der Waals surface area contributed by atoms with Crippen LogP contribution in [-0.4, -0.2) is 23.8 Å². The lowest BCUT2D eigenvalue weighted by atomic mass is 10.1. The molecule has 0 fully saturated rings. The molecule has 1 aromatic rings. The zero-order chi connectivity index (χ0) is 10.8. The molecule has 3 nitrogen and oxygen atoms in total. The maximum Gasteiger partial charge on any atom is 0.307 e. The molecule has 0 radical (unpaired) electrons. The number of rotatable bonds is 3. The largest absolute Gasteiger partial charge is 0.496 e. The average Bonchev–Trinajstić information content (AvgIpc) is 2.15. The van der Waals surface area contributed by atoms with Gasteiger partial charge in [0.05, 0.1) is 12.7 Å². The molecule has 0 saturated heterocycles. The number of pyridine rings is 1. The summed E-state index contributed by atoms with van der Waals surface area (Å²) in [5.41, 5.74) is -0.206. The van der Waals surface area contributed by atoms with E-state index in [-0.39, 0.29) is 11.3 Å². The molecule has 0 aliphatic rings. The van der Waals surface area contributed by atoms with Crippen LogP contribution < -0.4 is 4.74 Å². The number of alkyl halides is 2. The Bertz CT molecular complexity index is 347. The summed E-state index contributed by atoms with van der Waals surface area (Å²) in [6, 6.07) is 1.36. The van der Waals surface area contributed by atoms with Crippen molar-refractivity contribution >= 4 is 5.78 Å². The van der Waals surface area contributed by atoms with E-state index in [2.05, 4.69) is 4.98 Å². The highest BCUT2D eigenvalue weighted by Crippen LogP contribution is 2.24. The molecular formula is C9H9F2NO2. The third-order valence-corrected chi connectivity index (χ3v) is 1.64. The highest BCUT2D eigenvalue weighted by Gasteiger charge is 2.35. The monoisotopic (exact) mass is 201 g/mol. The average molecular weight is 201 g/mol. The molecule has 5 heteroatoms. The first-order chi connectivity index (χ1) is 6.46. The Balaban J connectivity index is 3.13. The van der Waals surface area contributed by atoms with Crippen molar-refractivity contribution < 1.29 is 18.3 Å². The molecule has 0 unspecified atom stereocenters. The van der Waals surface area contributed by atoms with E-state index in [0.29, 0.717) is 6.92 Å². The Labute approximate surface area is 79.7 Å². The van der Waals surface area contributed by atoms with Gasteiger partial charge >= 0.3 is 5.92 Å². The van der Waals surface area contributed by atoms with E-state index >= 15 is 0 Å². The summed E-state index contributed by atoms with van der Waals surface area (Å²) in [5, 5.41) is 0. The Kier molecular flexibility index (Phi) is 2.78. The van der Waals surface area contributed by atoms with Crippen LogP contribution in [-0.2, 0) is 0 Å². The number of ketones is 1. The first-order valence-corrected chi connectivity index (χ1v) is 3.87. The Hall–Kier alpha value is -1.52. The minimum absolute atomic E-state index is 0.103. The van der Waals surface area contributed by atoms with Crippen LogP contribution >= 0.6 is 0 Å². The number of halogens is 2. The van der Waals surface area contributed by atoms with Crippen molar-refractivity contribution in [2.45, 2.75) is 12.8 Å². The van der Waals surface area contributed by atoms with Crippen LogP contribution in [0.5, 0.6) is 5.75 Å². The molecule has 0 spiro atoms. The number of nitrogens with zero attached hydrogens (tertiary/aromatic N) is 1. The van der Waals surface area contributed by atoms with E-state index in [1.54, 1.807) is 0 Å². The normalized spacial score (nSPS) is 11.1. The molecule has 0 amide bonds. The molecular weight excluding hydrogens is 192 g/mol. The van der Waals surface area contributed by atoms with E-state index in [1.165, 1.54) is 19.4 Å². The fourth-order valence-electron chi connectivity index (χ4n) is 0.967. The van der Waals surface area contributed by atoms with E-state index in [4.69, 9.17) is 4.74 Å². The lowest BCUT2D eigenvalue weighted by Crippen LogP contribution is -2.24. The predicted molar refractivity (Wildman–Crippen MR) is 45.7 cm³/mol. The highest BCUT2D eigenvalue weighted by molar-refractivity contribution is 6.02. The minimum atomic E-state index is -3.41. The Morgan fingerprint density at radius 3 is 2.71 bits per heavy atom. The van der Waals surface area contributed by atoms with E-state index in [0.717, 1.165) is 6.20 Å². The van der Waals surface area contributed by atoms with Crippen molar-refractivity contribution in [2.75, 3.05) is 7.11 Å². The van der Waals surface area contributed by atoms with Crippen LogP contribution in [0.2, 0.25) is 0 Å². The summed E-state index contributed by atoms with van der Waals surface area (Å²) in [7, 11) is 1.31. The standard InChI is InChI=1S/C9H9F2NO2/c1-9(10,11)8(13)6-5-12-4-3-7(6)14-2/h3-5H,1-2H3. The number of ether oxygens (including phenoxy) is 1. The summed E-state index contributed by atoms with van der Waals surface area (Å²) in [5.74, 6) is -4.59. The van der Waals surface area contributed by atoms with Crippen LogP contribution in [0.15, 0.2) is 18.5 Å². The number of hydrogen-bond donors (Lipinski definition) is 0. The van der Waals surface area contributed by atoms with Crippen molar-refractivity contribution in [2.24, 2.45) is 0 Å². The first kappa shape index (κ1) is 10.6. The van der Waals surface area contributed by atoms with Crippen LogP contribution in [0, 0.1) is 0 Å². The molecule has 1 heterocycles. The van der Waals surface area contributed by atoms with E-state index in [1.807, 2.05) is 0 Å². The van der Waals surface area contributed by atoms with Gasteiger partial charge in [0, 0.05) is 19.3 Å². The van der Waals surface area contributed by atoms with Gasteiger partial charge in [-0.25, -0.2) is 0 Å². The summed E-state index contributed by atoms with van der Waals surface area (Å²) >= 11 is 0. The van der Waals surface area contributed by atoms with Gasteiger partial charge in [-0.05, 0) is 6.07 Å². The Morgan fingerprint density at radius 1 is 1.57 bits per heavy atom. The smallest absolute Gasteiger partial charge is 0.307 e. The van der Waals surface area contributed by atoms with Gasteiger partial charge < -0.3 is 4.74 Å². The van der Waals surface area contributed by atoms with Gasteiger partial charge in [0.1, 0.15) is 5.75 Å². The summed E-state index contributed by atoms with van der Waals surface area (Å²) < 4.78 is 30.1. The molecule has 0 saturated carbocycles. The molecule has 0 atom stereocenters. The van der Waals surface area contributed by atoms with Gasteiger partial charge in [-0.2, -0.15) is 8.78 Å². The third-order valence-electron chi connectivity index (χ3n) is 1.64. The molecule has 0 N–H and O–H groups in total. The second kappa shape index (κ2) is 3.69. The van der Waals surface area contributed by atoms with Crippen LogP contribution in [0.4, 0.5) is 8.78 Å². The molecule has 0 aromatic carbocycles. The van der Waals surface area contributed by atoms with Crippen LogP contribution in [0.1, 0.15) is 17.3 Å². The molecule has 0 aliphatic carbocycles. The quantitative estimate of drug-likeness (QED) is 0.701. The van der Waals surface area contributed by atoms with Gasteiger partial charge in [-0.1, -0.05) is 0 Å². The van der Waals surface area contributed by atoms with Gasteiger partial charge in [-0.15, -0.1) is 0 Å². The topological polar surface area (TPSA) is 39.2 Å². The minimum Gasteiger partial charge on any atom is -0.496 e. The van der Waals surface area contributed by atoms with Gasteiger partial charge in [-0.3, -0.25) is 9.78 Å². The molecule has 1 aromatic heterocycles. The molecule has 76 valence electrons. The van der Waals surface area contributed by atoms with Gasteiger partial charge in [0.25, 0.3) is 0 Å². The fraction of sp³-hybridized carbons (Fsp3) is 0.333. The van der Waals surface area contributed by atoms with Crippen LogP contribution in [0.25, 0.3) is 0 Å². The first-order valence-electron chi connectivity index (χ1n) is 3.87. The summed E-state index contributed by atoms with van der Waals surface area (Å²) in [6.45, 7) is 0.543. The van der Waals surface area contributed by atoms with Crippen molar-refractivity contribution in [3.8, 4) is 5.75 Å². The summed E-state index contributed by atoms with van der Waals surface area (Å²) in [4.78, 5) is 14.8. The van der Waals surface area contributed by atoms with Crippen molar-refractivity contribution in [3.05, 3.63) is 24.0 Å². The number of carbonyl (C=O) groups is 1. The summed E-state index contributed by atoms with van der Waals surface area (Å²) in [6.07, 6.45) is 2.43. The number of aromatic nitrogens is 1. The lowest BCUT2D eigenvalue weighted by molar-refractivity contribution is 0.0218. The molecule has 0 bridgehead atoms. The highest BCUT2D eigenvalue weighted by atomic mass is 19.3. The second-order valence-electron chi connectivity index (χ2n) is 2.79. The third kappa shape index (κ3) is 2.04. The van der Waals surface area contributed by atoms with Crippen molar-refractivity contribution in [3.63, 3.8) is 0 Å². The number of methoxy groups -OCH3 is 1. The SMILES string of the molecule is COc1ccncc1C(=O)C(C)(F)F. The zero-order valence-electron chi connectivity index (χ0n) is 7.75. The van der Waals surface area contributed by atoms with Gasteiger partial charge in [0.15, 0.2) is 0 Å². The Morgan fingerprint density at radius 2 is 2.21 bits per heavy atom. The van der Waals surface area contributed by atoms with Gasteiger partial charge in [0.2, 0.25) is 5.78 Å². The maximum atomic E-state index is 12.7. The van der Waals surface area contributed by atoms with Crippen LogP contribution in [0.3, 0.4) is 0 Å². The molecule has 1 rings (SSSR count). The van der Waals surface area contributed by atoms with E-state index < -0.39 is 11.7 Å². The van der Waals surface area contributed by atoms with E-state index in [9.17, 15) is 13.6 Å². The van der Waals surface area contributed by atoms with Crippen molar-refractivity contribution in [1.82, 2.24) is 4.98 Å². The number of carbonyl (C=O) groups excluding carboxylic acids is 1. The maximum absolute atomic E-state index is 12.7. The fourth-order valence-corrected chi connectivity index (χ4v) is 0.967. The van der Waals surface area contributed by atoms with Crippen molar-refractivity contribution in [1.29, 1.82) is 0 Å². The second-order valence-corrected chi connectivity index (χ2v) is 2.79. The molecule has 14 heavy (non-hydrogen) atoms. The number of Topliss-reactive ketones (excluding diaryl/α,β-unsaturated/α-hetero) is 1.